The Hall–Kier alpha value is -3.09. The van der Waals surface area contributed by atoms with Gasteiger partial charge in [-0.3, -0.25) is 4.98 Å². The molecule has 0 amide bonds. The first-order chi connectivity index (χ1) is 12.2. The normalized spacial score (nSPS) is 11.3. The Balaban J connectivity index is 1.80. The number of aromatic nitrogens is 5. The average molecular weight is 339 g/mol. The van der Waals surface area contributed by atoms with Gasteiger partial charge in [0.2, 0.25) is 0 Å². The van der Waals surface area contributed by atoms with Gasteiger partial charge in [0.15, 0.2) is 0 Å². The molecule has 0 aliphatic carbocycles. The minimum absolute atomic E-state index is 0.131. The highest BCUT2D eigenvalue weighted by atomic mass is 19.1. The summed E-state index contributed by atoms with van der Waals surface area (Å²) in [4.78, 5) is 12.8. The van der Waals surface area contributed by atoms with Gasteiger partial charge in [-0.1, -0.05) is 6.07 Å². The van der Waals surface area contributed by atoms with E-state index in [-0.39, 0.29) is 11.4 Å². The molecule has 0 aliphatic heterocycles. The molecule has 4 aromatic rings. The van der Waals surface area contributed by atoms with Crippen molar-refractivity contribution in [3.63, 3.8) is 0 Å². The fraction of sp³-hybridized carbons (Fsp3) is 0.167. The summed E-state index contributed by atoms with van der Waals surface area (Å²) in [5.41, 5.74) is 1.64. The predicted molar refractivity (Wildman–Crippen MR) is 89.9 cm³/mol. The summed E-state index contributed by atoms with van der Waals surface area (Å²) in [5, 5.41) is 0. The zero-order valence-corrected chi connectivity index (χ0v) is 13.5. The zero-order valence-electron chi connectivity index (χ0n) is 13.5. The SMILES string of the molecule is CCn1c(Cn2ccnc2-c2c(F)cccc2F)nc2cnccc21. The number of benzene rings is 1. The van der Waals surface area contributed by atoms with Gasteiger partial charge in [0.25, 0.3) is 0 Å². The van der Waals surface area contributed by atoms with E-state index < -0.39 is 11.6 Å². The summed E-state index contributed by atoms with van der Waals surface area (Å²) in [6.07, 6.45) is 6.65. The first-order valence-corrected chi connectivity index (χ1v) is 7.93. The molecule has 0 atom stereocenters. The second kappa shape index (κ2) is 6.08. The first-order valence-electron chi connectivity index (χ1n) is 7.93. The molecular weight excluding hydrogens is 324 g/mol. The van der Waals surface area contributed by atoms with E-state index in [0.29, 0.717) is 6.54 Å². The fourth-order valence-corrected chi connectivity index (χ4v) is 3.03. The van der Waals surface area contributed by atoms with E-state index in [1.807, 2.05) is 13.0 Å². The summed E-state index contributed by atoms with van der Waals surface area (Å²) >= 11 is 0. The highest BCUT2D eigenvalue weighted by Gasteiger charge is 2.18. The summed E-state index contributed by atoms with van der Waals surface area (Å²) in [7, 11) is 0. The molecule has 1 aromatic carbocycles. The van der Waals surface area contributed by atoms with Crippen molar-refractivity contribution >= 4 is 11.0 Å². The number of halogens is 2. The number of hydrogen-bond donors (Lipinski definition) is 0. The number of rotatable bonds is 4. The molecule has 5 nitrogen and oxygen atoms in total. The number of hydrogen-bond acceptors (Lipinski definition) is 3. The number of imidazole rings is 2. The first kappa shape index (κ1) is 15.4. The Bertz CT molecular complexity index is 1030. The topological polar surface area (TPSA) is 48.5 Å². The summed E-state index contributed by atoms with van der Waals surface area (Å²) in [5.74, 6) is -0.258. The van der Waals surface area contributed by atoms with Crippen molar-refractivity contribution in [1.29, 1.82) is 0 Å². The quantitative estimate of drug-likeness (QED) is 0.570. The van der Waals surface area contributed by atoms with Crippen LogP contribution in [0.3, 0.4) is 0 Å². The number of aryl methyl sites for hydroxylation is 1. The lowest BCUT2D eigenvalue weighted by Crippen LogP contribution is -2.09. The van der Waals surface area contributed by atoms with Crippen LogP contribution in [0.4, 0.5) is 8.78 Å². The molecule has 0 bridgehead atoms. The van der Waals surface area contributed by atoms with E-state index in [0.717, 1.165) is 23.4 Å². The zero-order chi connectivity index (χ0) is 17.4. The molecule has 126 valence electrons. The van der Waals surface area contributed by atoms with Crippen molar-refractivity contribution in [1.82, 2.24) is 24.1 Å². The van der Waals surface area contributed by atoms with Crippen molar-refractivity contribution in [3.05, 3.63) is 66.5 Å². The Morgan fingerprint density at radius 3 is 2.64 bits per heavy atom. The lowest BCUT2D eigenvalue weighted by molar-refractivity contribution is 0.583. The Labute approximate surface area is 142 Å². The molecule has 0 saturated carbocycles. The van der Waals surface area contributed by atoms with E-state index in [9.17, 15) is 8.78 Å². The van der Waals surface area contributed by atoms with Crippen LogP contribution in [-0.4, -0.2) is 24.1 Å². The standard InChI is InChI=1S/C18H15F2N5/c1-2-25-15-6-7-21-10-14(15)23-16(25)11-24-9-8-22-18(24)17-12(19)4-3-5-13(17)20/h3-10H,2,11H2,1H3. The summed E-state index contributed by atoms with van der Waals surface area (Å²) in [6.45, 7) is 3.11. The maximum absolute atomic E-state index is 14.1. The summed E-state index contributed by atoms with van der Waals surface area (Å²) < 4.78 is 32.0. The molecule has 25 heavy (non-hydrogen) atoms. The molecule has 7 heteroatoms. The van der Waals surface area contributed by atoms with Gasteiger partial charge in [-0.2, -0.15) is 0 Å². The maximum atomic E-state index is 14.1. The van der Waals surface area contributed by atoms with Crippen LogP contribution < -0.4 is 0 Å². The minimum Gasteiger partial charge on any atom is -0.327 e. The van der Waals surface area contributed by atoms with E-state index in [2.05, 4.69) is 19.5 Å². The molecular formula is C18H15F2N5. The highest BCUT2D eigenvalue weighted by Crippen LogP contribution is 2.25. The highest BCUT2D eigenvalue weighted by molar-refractivity contribution is 5.74. The second-order valence-corrected chi connectivity index (χ2v) is 5.61. The van der Waals surface area contributed by atoms with Gasteiger partial charge in [0.05, 0.1) is 23.8 Å². The number of pyridine rings is 1. The largest absolute Gasteiger partial charge is 0.327 e. The van der Waals surface area contributed by atoms with Crippen LogP contribution in [-0.2, 0) is 13.1 Å². The molecule has 4 rings (SSSR count). The molecule has 0 N–H and O–H groups in total. The third-order valence-electron chi connectivity index (χ3n) is 4.16. The third kappa shape index (κ3) is 2.57. The second-order valence-electron chi connectivity index (χ2n) is 5.61. The maximum Gasteiger partial charge on any atom is 0.146 e. The van der Waals surface area contributed by atoms with Gasteiger partial charge < -0.3 is 9.13 Å². The van der Waals surface area contributed by atoms with Crippen LogP contribution >= 0.6 is 0 Å². The van der Waals surface area contributed by atoms with E-state index in [4.69, 9.17) is 0 Å². The van der Waals surface area contributed by atoms with E-state index in [1.165, 1.54) is 24.4 Å². The van der Waals surface area contributed by atoms with Crippen molar-refractivity contribution in [3.8, 4) is 11.4 Å². The van der Waals surface area contributed by atoms with Crippen molar-refractivity contribution in [2.45, 2.75) is 20.0 Å². The van der Waals surface area contributed by atoms with Gasteiger partial charge in [-0.15, -0.1) is 0 Å². The average Bonchev–Trinajstić information content (AvgIpc) is 3.19. The van der Waals surface area contributed by atoms with Crippen LogP contribution in [0.1, 0.15) is 12.7 Å². The Kier molecular flexibility index (Phi) is 3.76. The van der Waals surface area contributed by atoms with E-state index >= 15 is 0 Å². The molecule has 0 spiro atoms. The van der Waals surface area contributed by atoms with Gasteiger partial charge in [-0.05, 0) is 25.1 Å². The molecule has 0 aliphatic rings. The fourth-order valence-electron chi connectivity index (χ4n) is 3.03. The van der Waals surface area contributed by atoms with Gasteiger partial charge in [0.1, 0.15) is 28.8 Å². The number of fused-ring (bicyclic) bond motifs is 1. The van der Waals surface area contributed by atoms with Crippen LogP contribution in [0.25, 0.3) is 22.4 Å². The minimum atomic E-state index is -0.638. The van der Waals surface area contributed by atoms with E-state index in [1.54, 1.807) is 23.2 Å². The van der Waals surface area contributed by atoms with Crippen LogP contribution in [0.15, 0.2) is 49.1 Å². The lowest BCUT2D eigenvalue weighted by atomic mass is 10.2. The van der Waals surface area contributed by atoms with Crippen LogP contribution in [0, 0.1) is 11.6 Å². The van der Waals surface area contributed by atoms with Crippen LogP contribution in [0.5, 0.6) is 0 Å². The molecule has 0 fully saturated rings. The summed E-state index contributed by atoms with van der Waals surface area (Å²) in [6, 6.07) is 5.69. The van der Waals surface area contributed by atoms with Crippen LogP contribution in [0.2, 0.25) is 0 Å². The van der Waals surface area contributed by atoms with Gasteiger partial charge >= 0.3 is 0 Å². The van der Waals surface area contributed by atoms with Gasteiger partial charge in [0, 0.05) is 25.1 Å². The lowest BCUT2D eigenvalue weighted by Gasteiger charge is -2.11. The number of nitrogens with zero attached hydrogens (tertiary/aromatic N) is 5. The van der Waals surface area contributed by atoms with Crippen molar-refractivity contribution in [2.24, 2.45) is 0 Å². The molecule has 0 radical (unpaired) electrons. The van der Waals surface area contributed by atoms with Crippen molar-refractivity contribution < 1.29 is 8.78 Å². The smallest absolute Gasteiger partial charge is 0.146 e. The van der Waals surface area contributed by atoms with Crippen molar-refractivity contribution in [2.75, 3.05) is 0 Å². The Morgan fingerprint density at radius 1 is 1.08 bits per heavy atom. The molecule has 3 aromatic heterocycles. The van der Waals surface area contributed by atoms with Gasteiger partial charge in [-0.25, -0.2) is 18.7 Å². The predicted octanol–water partition coefficient (Wildman–Crippen LogP) is 3.64. The molecule has 0 unspecified atom stereocenters. The third-order valence-corrected chi connectivity index (χ3v) is 4.16. The molecule has 3 heterocycles. The molecule has 0 saturated heterocycles. The Morgan fingerprint density at radius 2 is 1.88 bits per heavy atom. The monoisotopic (exact) mass is 339 g/mol.